The maximum Gasteiger partial charge on any atom is 0.0161 e. The fourth-order valence-corrected chi connectivity index (χ4v) is 0.463. The second kappa shape index (κ2) is 11.7. The lowest BCUT2D eigenvalue weighted by Gasteiger charge is -2.08. The summed E-state index contributed by atoms with van der Waals surface area (Å²) in [6.45, 7) is 6.39. The Hall–Kier alpha value is -0.0800. The quantitative estimate of drug-likeness (QED) is 0.631. The van der Waals surface area contributed by atoms with E-state index < -0.39 is 0 Å². The maximum absolute atomic E-state index is 3.24. The summed E-state index contributed by atoms with van der Waals surface area (Å²) < 4.78 is 0. The molecular weight excluding hydrogens is 124 g/mol. The van der Waals surface area contributed by atoms with Crippen LogP contribution in [0.2, 0.25) is 0 Å². The number of nitrogens with one attached hydrogen (secondary N) is 2. The summed E-state index contributed by atoms with van der Waals surface area (Å²) in [5, 5.41) is 6.37. The minimum Gasteiger partial charge on any atom is -0.316 e. The average Bonchev–Trinajstić information content (AvgIpc) is 1.83. The second-order valence-electron chi connectivity index (χ2n) is 2.00. The van der Waals surface area contributed by atoms with E-state index in [1.54, 1.807) is 0 Å². The minimum atomic E-state index is 0. The summed E-state index contributed by atoms with van der Waals surface area (Å²) in [4.78, 5) is 0. The zero-order valence-electron chi connectivity index (χ0n) is 5.99. The normalized spacial score (nSPS) is 11.1. The zero-order chi connectivity index (χ0) is 6.41. The van der Waals surface area contributed by atoms with Crippen LogP contribution in [0.5, 0.6) is 0 Å². The molecule has 0 aliphatic heterocycles. The Morgan fingerprint density at radius 1 is 1.30 bits per heavy atom. The monoisotopic (exact) mass is 148 g/mol. The first-order chi connectivity index (χ1) is 3.81. The minimum absolute atomic E-state index is 0. The Labute approximate surface area is 66.4 Å². The molecule has 0 amide bonds. The fraction of sp³-hybridized carbons (Fsp3) is 1.00. The molecule has 0 saturated carbocycles. The van der Waals surface area contributed by atoms with Gasteiger partial charge in [0, 0.05) is 12.6 Å². The summed E-state index contributed by atoms with van der Waals surface area (Å²) in [5.74, 6) is 0. The molecule has 0 spiro atoms. The predicted octanol–water partition coefficient (Wildman–Crippen LogP) is 1.48. The molecule has 0 aliphatic rings. The molecule has 0 rings (SSSR count). The van der Waals surface area contributed by atoms with Gasteiger partial charge in [0.1, 0.15) is 0 Å². The second-order valence-corrected chi connectivity index (χ2v) is 2.00. The standard InChI is InChI=1S/C6H16N2.2CH4/c1-4-8-5-6(2)7-3;;/h6-8H,4-5H2,1-3H3;2*1H4. The van der Waals surface area contributed by atoms with Gasteiger partial charge in [-0.05, 0) is 20.5 Å². The van der Waals surface area contributed by atoms with Gasteiger partial charge in [-0.1, -0.05) is 21.8 Å². The maximum atomic E-state index is 3.24. The summed E-state index contributed by atoms with van der Waals surface area (Å²) >= 11 is 0. The van der Waals surface area contributed by atoms with E-state index in [0.29, 0.717) is 6.04 Å². The van der Waals surface area contributed by atoms with Crippen molar-refractivity contribution in [2.24, 2.45) is 0 Å². The number of rotatable bonds is 4. The van der Waals surface area contributed by atoms with Gasteiger partial charge in [-0.25, -0.2) is 0 Å². The molecule has 0 aromatic carbocycles. The van der Waals surface area contributed by atoms with Gasteiger partial charge in [-0.15, -0.1) is 0 Å². The molecule has 2 nitrogen and oxygen atoms in total. The largest absolute Gasteiger partial charge is 0.316 e. The van der Waals surface area contributed by atoms with Crippen molar-refractivity contribution in [3.8, 4) is 0 Å². The molecule has 0 heterocycles. The Morgan fingerprint density at radius 3 is 2.10 bits per heavy atom. The van der Waals surface area contributed by atoms with Crippen molar-refractivity contribution < 1.29 is 0 Å². The van der Waals surface area contributed by atoms with E-state index in [-0.39, 0.29) is 14.9 Å². The van der Waals surface area contributed by atoms with Crippen LogP contribution in [0.15, 0.2) is 0 Å². The molecular formula is C8H24N2. The molecule has 0 aromatic heterocycles. The Kier molecular flexibility index (Phi) is 19.3. The van der Waals surface area contributed by atoms with E-state index in [4.69, 9.17) is 0 Å². The van der Waals surface area contributed by atoms with Crippen molar-refractivity contribution in [3.63, 3.8) is 0 Å². The lowest BCUT2D eigenvalue weighted by Crippen LogP contribution is -2.33. The molecule has 1 unspecified atom stereocenters. The van der Waals surface area contributed by atoms with Crippen molar-refractivity contribution >= 4 is 0 Å². The summed E-state index contributed by atoms with van der Waals surface area (Å²) in [6, 6.07) is 0.593. The molecule has 2 heteroatoms. The highest BCUT2D eigenvalue weighted by Gasteiger charge is 1.92. The molecule has 0 aromatic rings. The molecule has 0 fully saturated rings. The first-order valence-electron chi connectivity index (χ1n) is 3.19. The Morgan fingerprint density at radius 2 is 1.80 bits per heavy atom. The summed E-state index contributed by atoms with van der Waals surface area (Å²) in [7, 11) is 1.97. The van der Waals surface area contributed by atoms with Crippen LogP contribution >= 0.6 is 0 Å². The van der Waals surface area contributed by atoms with Gasteiger partial charge in [0.2, 0.25) is 0 Å². The van der Waals surface area contributed by atoms with Crippen LogP contribution in [0.25, 0.3) is 0 Å². The molecule has 0 saturated heterocycles. The van der Waals surface area contributed by atoms with E-state index in [2.05, 4.69) is 24.5 Å². The van der Waals surface area contributed by atoms with Gasteiger partial charge >= 0.3 is 0 Å². The third kappa shape index (κ3) is 10.8. The molecule has 0 aliphatic carbocycles. The third-order valence-corrected chi connectivity index (χ3v) is 1.19. The van der Waals surface area contributed by atoms with E-state index in [0.717, 1.165) is 13.1 Å². The number of hydrogen-bond donors (Lipinski definition) is 2. The summed E-state index contributed by atoms with van der Waals surface area (Å²) in [6.07, 6.45) is 0. The SMILES string of the molecule is C.C.CCNCC(C)NC. The van der Waals surface area contributed by atoms with E-state index in [1.165, 1.54) is 0 Å². The predicted molar refractivity (Wildman–Crippen MR) is 50.5 cm³/mol. The van der Waals surface area contributed by atoms with Gasteiger partial charge in [0.25, 0.3) is 0 Å². The third-order valence-electron chi connectivity index (χ3n) is 1.19. The summed E-state index contributed by atoms with van der Waals surface area (Å²) in [5.41, 5.74) is 0. The lowest BCUT2D eigenvalue weighted by molar-refractivity contribution is 0.552. The van der Waals surface area contributed by atoms with Crippen LogP contribution in [0.3, 0.4) is 0 Å². The van der Waals surface area contributed by atoms with E-state index >= 15 is 0 Å². The van der Waals surface area contributed by atoms with Crippen LogP contribution in [-0.4, -0.2) is 26.2 Å². The topological polar surface area (TPSA) is 24.1 Å². The van der Waals surface area contributed by atoms with Crippen LogP contribution in [0.4, 0.5) is 0 Å². The Bertz CT molecular complexity index is 46.5. The highest BCUT2D eigenvalue weighted by molar-refractivity contribution is 4.58. The van der Waals surface area contributed by atoms with E-state index in [9.17, 15) is 0 Å². The van der Waals surface area contributed by atoms with Crippen molar-refractivity contribution in [2.45, 2.75) is 34.7 Å². The molecule has 1 atom stereocenters. The van der Waals surface area contributed by atoms with Gasteiger partial charge in [0.05, 0.1) is 0 Å². The smallest absolute Gasteiger partial charge is 0.0161 e. The van der Waals surface area contributed by atoms with E-state index in [1.807, 2.05) is 7.05 Å². The fourth-order valence-electron chi connectivity index (χ4n) is 0.463. The van der Waals surface area contributed by atoms with Crippen LogP contribution < -0.4 is 10.6 Å². The van der Waals surface area contributed by atoms with Crippen molar-refractivity contribution in [1.82, 2.24) is 10.6 Å². The first kappa shape index (κ1) is 16.5. The number of likely N-dealkylation sites (N-methyl/N-ethyl adjacent to an activating group) is 2. The average molecular weight is 148 g/mol. The highest BCUT2D eigenvalue weighted by Crippen LogP contribution is 1.72. The Balaban J connectivity index is -0.000000245. The zero-order valence-corrected chi connectivity index (χ0v) is 5.99. The molecule has 0 bridgehead atoms. The number of hydrogen-bond acceptors (Lipinski definition) is 2. The van der Waals surface area contributed by atoms with Gasteiger partial charge in [-0.2, -0.15) is 0 Å². The van der Waals surface area contributed by atoms with Gasteiger partial charge in [0.15, 0.2) is 0 Å². The van der Waals surface area contributed by atoms with Gasteiger partial charge in [-0.3, -0.25) is 0 Å². The van der Waals surface area contributed by atoms with Crippen molar-refractivity contribution in [1.29, 1.82) is 0 Å². The molecule has 2 N–H and O–H groups in total. The highest BCUT2D eigenvalue weighted by atomic mass is 14.9. The molecule has 10 heavy (non-hydrogen) atoms. The van der Waals surface area contributed by atoms with Crippen LogP contribution in [0, 0.1) is 0 Å². The van der Waals surface area contributed by atoms with Crippen LogP contribution in [-0.2, 0) is 0 Å². The lowest BCUT2D eigenvalue weighted by atomic mass is 10.3. The van der Waals surface area contributed by atoms with Crippen molar-refractivity contribution in [3.05, 3.63) is 0 Å². The van der Waals surface area contributed by atoms with Gasteiger partial charge < -0.3 is 10.6 Å². The first-order valence-corrected chi connectivity index (χ1v) is 3.19. The van der Waals surface area contributed by atoms with Crippen LogP contribution in [0.1, 0.15) is 28.7 Å². The molecule has 66 valence electrons. The molecule has 0 radical (unpaired) electrons. The van der Waals surface area contributed by atoms with Crippen molar-refractivity contribution in [2.75, 3.05) is 20.1 Å².